The first-order valence-electron chi connectivity index (χ1n) is 4.33. The molecule has 1 aromatic carbocycles. The third-order valence-electron chi connectivity index (χ3n) is 2.38. The van der Waals surface area contributed by atoms with E-state index < -0.39 is 6.04 Å². The van der Waals surface area contributed by atoms with Crippen molar-refractivity contribution in [2.45, 2.75) is 19.4 Å². The van der Waals surface area contributed by atoms with Crippen LogP contribution in [0.25, 0.3) is 0 Å². The van der Waals surface area contributed by atoms with Gasteiger partial charge in [-0.15, -0.1) is 0 Å². The van der Waals surface area contributed by atoms with Gasteiger partial charge in [-0.2, -0.15) is 0 Å². The van der Waals surface area contributed by atoms with E-state index >= 15 is 0 Å². The van der Waals surface area contributed by atoms with Gasteiger partial charge in [-0.3, -0.25) is 4.79 Å². The van der Waals surface area contributed by atoms with Gasteiger partial charge >= 0.3 is 0 Å². The van der Waals surface area contributed by atoms with Crippen molar-refractivity contribution in [3.8, 4) is 0 Å². The Morgan fingerprint density at radius 3 is 3.08 bits per heavy atom. The monoisotopic (exact) mass is 176 g/mol. The Hall–Kier alpha value is -1.35. The Morgan fingerprint density at radius 2 is 2.31 bits per heavy atom. The zero-order chi connectivity index (χ0) is 9.42. The van der Waals surface area contributed by atoms with Crippen LogP contribution in [-0.4, -0.2) is 11.9 Å². The SMILES string of the molecule is Cc1cccc2c1NC(=O)C(N)C2. The fourth-order valence-electron chi connectivity index (χ4n) is 1.62. The smallest absolute Gasteiger partial charge is 0.241 e. The van der Waals surface area contributed by atoms with E-state index in [1.54, 1.807) is 0 Å². The molecule has 3 heteroatoms. The van der Waals surface area contributed by atoms with Crippen LogP contribution in [0, 0.1) is 6.92 Å². The van der Waals surface area contributed by atoms with Crippen molar-refractivity contribution in [1.82, 2.24) is 0 Å². The topological polar surface area (TPSA) is 55.1 Å². The van der Waals surface area contributed by atoms with E-state index in [0.29, 0.717) is 6.42 Å². The molecule has 0 saturated heterocycles. The van der Waals surface area contributed by atoms with Crippen LogP contribution in [0.3, 0.4) is 0 Å². The minimum Gasteiger partial charge on any atom is -0.324 e. The molecule has 1 amide bonds. The first-order valence-corrected chi connectivity index (χ1v) is 4.33. The molecule has 0 radical (unpaired) electrons. The number of fused-ring (bicyclic) bond motifs is 1. The second kappa shape index (κ2) is 2.85. The summed E-state index contributed by atoms with van der Waals surface area (Å²) >= 11 is 0. The minimum absolute atomic E-state index is 0.0817. The number of hydrogen-bond donors (Lipinski definition) is 2. The van der Waals surface area contributed by atoms with Gasteiger partial charge in [0.25, 0.3) is 0 Å². The molecule has 2 rings (SSSR count). The summed E-state index contributed by atoms with van der Waals surface area (Å²) in [5.41, 5.74) is 8.80. The van der Waals surface area contributed by atoms with Crippen molar-refractivity contribution >= 4 is 11.6 Å². The number of benzene rings is 1. The summed E-state index contributed by atoms with van der Waals surface area (Å²) < 4.78 is 0. The summed E-state index contributed by atoms with van der Waals surface area (Å²) in [5.74, 6) is -0.0817. The van der Waals surface area contributed by atoms with Crippen molar-refractivity contribution in [1.29, 1.82) is 0 Å². The van der Waals surface area contributed by atoms with E-state index in [0.717, 1.165) is 16.8 Å². The maximum Gasteiger partial charge on any atom is 0.241 e. The zero-order valence-corrected chi connectivity index (χ0v) is 7.50. The molecule has 1 atom stereocenters. The van der Waals surface area contributed by atoms with Crippen LogP contribution in [0.15, 0.2) is 18.2 Å². The highest BCUT2D eigenvalue weighted by atomic mass is 16.2. The Morgan fingerprint density at radius 1 is 1.54 bits per heavy atom. The third kappa shape index (κ3) is 1.31. The largest absolute Gasteiger partial charge is 0.324 e. The summed E-state index contributed by atoms with van der Waals surface area (Å²) in [6.45, 7) is 1.98. The van der Waals surface area contributed by atoms with Crippen LogP contribution in [0.1, 0.15) is 11.1 Å². The number of rotatable bonds is 0. The molecule has 0 aliphatic carbocycles. The molecule has 68 valence electrons. The normalized spacial score (nSPS) is 20.8. The fourth-order valence-corrected chi connectivity index (χ4v) is 1.62. The fraction of sp³-hybridized carbons (Fsp3) is 0.300. The number of anilines is 1. The summed E-state index contributed by atoms with van der Waals surface area (Å²) in [6.07, 6.45) is 0.642. The van der Waals surface area contributed by atoms with Crippen LogP contribution in [-0.2, 0) is 11.2 Å². The van der Waals surface area contributed by atoms with E-state index in [1.165, 1.54) is 0 Å². The van der Waals surface area contributed by atoms with E-state index in [9.17, 15) is 4.79 Å². The predicted octanol–water partition coefficient (Wildman–Crippen LogP) is 0.817. The molecule has 1 aliphatic rings. The predicted molar refractivity (Wildman–Crippen MR) is 51.5 cm³/mol. The van der Waals surface area contributed by atoms with Gasteiger partial charge in [-0.25, -0.2) is 0 Å². The minimum atomic E-state index is -0.394. The van der Waals surface area contributed by atoms with Crippen molar-refractivity contribution < 1.29 is 4.79 Å². The molecule has 1 heterocycles. The summed E-state index contributed by atoms with van der Waals surface area (Å²) in [5, 5.41) is 2.81. The Bertz CT molecular complexity index is 360. The average Bonchev–Trinajstić information content (AvgIpc) is 2.09. The third-order valence-corrected chi connectivity index (χ3v) is 2.38. The van der Waals surface area contributed by atoms with Gasteiger partial charge in [-0.05, 0) is 24.5 Å². The quantitative estimate of drug-likeness (QED) is 0.614. The van der Waals surface area contributed by atoms with Gasteiger partial charge in [0.15, 0.2) is 0 Å². The van der Waals surface area contributed by atoms with Crippen LogP contribution >= 0.6 is 0 Å². The Kier molecular flexibility index (Phi) is 1.81. The number of carbonyl (C=O) groups excluding carboxylic acids is 1. The molecule has 1 aromatic rings. The van der Waals surface area contributed by atoms with Crippen molar-refractivity contribution in [3.63, 3.8) is 0 Å². The van der Waals surface area contributed by atoms with E-state index in [2.05, 4.69) is 5.32 Å². The van der Waals surface area contributed by atoms with Crippen LogP contribution in [0.2, 0.25) is 0 Å². The first-order chi connectivity index (χ1) is 6.18. The van der Waals surface area contributed by atoms with E-state index in [4.69, 9.17) is 5.73 Å². The Balaban J connectivity index is 2.48. The number of nitrogens with two attached hydrogens (primary N) is 1. The van der Waals surface area contributed by atoms with Crippen LogP contribution < -0.4 is 11.1 Å². The molecule has 3 nitrogen and oxygen atoms in total. The average molecular weight is 176 g/mol. The standard InChI is InChI=1S/C10H12N2O/c1-6-3-2-4-7-5-8(11)10(13)12-9(6)7/h2-4,8H,5,11H2,1H3,(H,12,13). The van der Waals surface area contributed by atoms with Crippen LogP contribution in [0.5, 0.6) is 0 Å². The van der Waals surface area contributed by atoms with Gasteiger partial charge in [0.05, 0.1) is 6.04 Å². The number of amides is 1. The van der Waals surface area contributed by atoms with Gasteiger partial charge in [0.1, 0.15) is 0 Å². The van der Waals surface area contributed by atoms with Crippen molar-refractivity contribution in [2.75, 3.05) is 5.32 Å². The highest BCUT2D eigenvalue weighted by molar-refractivity contribution is 5.98. The molecule has 13 heavy (non-hydrogen) atoms. The molecule has 0 bridgehead atoms. The molecule has 0 fully saturated rings. The lowest BCUT2D eigenvalue weighted by molar-refractivity contribution is -0.117. The second-order valence-electron chi connectivity index (χ2n) is 3.41. The first kappa shape index (κ1) is 8.26. The second-order valence-corrected chi connectivity index (χ2v) is 3.41. The summed E-state index contributed by atoms with van der Waals surface area (Å²) in [6, 6.07) is 5.57. The molecule has 1 aliphatic heterocycles. The zero-order valence-electron chi connectivity index (χ0n) is 7.50. The van der Waals surface area contributed by atoms with E-state index in [-0.39, 0.29) is 5.91 Å². The van der Waals surface area contributed by atoms with Gasteiger partial charge in [0.2, 0.25) is 5.91 Å². The van der Waals surface area contributed by atoms with E-state index in [1.807, 2.05) is 25.1 Å². The summed E-state index contributed by atoms with van der Waals surface area (Å²) in [4.78, 5) is 11.3. The molecule has 1 unspecified atom stereocenters. The maximum absolute atomic E-state index is 11.3. The molecule has 0 spiro atoms. The lowest BCUT2D eigenvalue weighted by atomic mass is 9.97. The van der Waals surface area contributed by atoms with Crippen molar-refractivity contribution in [3.05, 3.63) is 29.3 Å². The number of nitrogens with one attached hydrogen (secondary N) is 1. The number of aryl methyl sites for hydroxylation is 1. The Labute approximate surface area is 76.9 Å². The lowest BCUT2D eigenvalue weighted by Gasteiger charge is -2.23. The number of hydrogen-bond acceptors (Lipinski definition) is 2. The van der Waals surface area contributed by atoms with Crippen molar-refractivity contribution in [2.24, 2.45) is 5.73 Å². The van der Waals surface area contributed by atoms with Crippen LogP contribution in [0.4, 0.5) is 5.69 Å². The number of carbonyl (C=O) groups is 1. The molecule has 0 aromatic heterocycles. The molecular formula is C10H12N2O. The highest BCUT2D eigenvalue weighted by Gasteiger charge is 2.22. The summed E-state index contributed by atoms with van der Waals surface area (Å²) in [7, 11) is 0. The van der Waals surface area contributed by atoms with Gasteiger partial charge in [-0.1, -0.05) is 18.2 Å². The van der Waals surface area contributed by atoms with Gasteiger partial charge in [0, 0.05) is 5.69 Å². The van der Waals surface area contributed by atoms with Gasteiger partial charge < -0.3 is 11.1 Å². The molecule has 0 saturated carbocycles. The highest BCUT2D eigenvalue weighted by Crippen LogP contribution is 2.25. The maximum atomic E-state index is 11.3. The number of para-hydroxylation sites is 1. The molecular weight excluding hydrogens is 164 g/mol. The molecule has 3 N–H and O–H groups in total. The lowest BCUT2D eigenvalue weighted by Crippen LogP contribution is -2.41.